The van der Waals surface area contributed by atoms with Crippen LogP contribution in [-0.4, -0.2) is 45.3 Å². The maximum atomic E-state index is 13.8. The minimum Gasteiger partial charge on any atom is -0.487 e. The molecule has 0 unspecified atom stereocenters. The Labute approximate surface area is 151 Å². The van der Waals surface area contributed by atoms with Gasteiger partial charge in [0.25, 0.3) is 0 Å². The number of hydrogen-bond acceptors (Lipinski definition) is 5. The second-order valence-corrected chi connectivity index (χ2v) is 6.54. The van der Waals surface area contributed by atoms with Crippen LogP contribution in [0.25, 0.3) is 10.9 Å². The molecule has 0 saturated carbocycles. The topological polar surface area (TPSA) is 58.5 Å². The highest BCUT2D eigenvalue weighted by Crippen LogP contribution is 2.27. The molecule has 5 nitrogen and oxygen atoms in total. The van der Waals surface area contributed by atoms with Crippen LogP contribution in [0.1, 0.15) is 12.0 Å². The van der Waals surface area contributed by atoms with Crippen molar-refractivity contribution in [2.45, 2.75) is 25.2 Å². The quantitative estimate of drug-likeness (QED) is 0.782. The fourth-order valence-electron chi connectivity index (χ4n) is 3.37. The third kappa shape index (κ3) is 3.52. The lowest BCUT2D eigenvalue weighted by Gasteiger charge is -2.36. The number of aliphatic hydroxyl groups is 1. The van der Waals surface area contributed by atoms with Crippen LogP contribution >= 0.6 is 0 Å². The van der Waals surface area contributed by atoms with Gasteiger partial charge in [0.1, 0.15) is 23.8 Å². The number of nitrogens with zero attached hydrogens (tertiary/aromatic N) is 3. The third-order valence-corrected chi connectivity index (χ3v) is 4.74. The van der Waals surface area contributed by atoms with E-state index in [0.717, 1.165) is 23.2 Å². The molecule has 3 heterocycles. The van der Waals surface area contributed by atoms with Crippen LogP contribution < -0.4 is 4.74 Å². The average molecular weight is 353 g/mol. The van der Waals surface area contributed by atoms with Gasteiger partial charge in [0, 0.05) is 43.0 Å². The molecule has 6 heteroatoms. The number of β-amino-alcohol motifs (C(OH)–C–C–N with tert-alkyl or cyclic N) is 1. The van der Waals surface area contributed by atoms with Crippen LogP contribution in [0.3, 0.4) is 0 Å². The first-order valence-electron chi connectivity index (χ1n) is 8.70. The van der Waals surface area contributed by atoms with E-state index in [1.54, 1.807) is 18.5 Å². The van der Waals surface area contributed by atoms with Gasteiger partial charge in [0.15, 0.2) is 0 Å². The summed E-state index contributed by atoms with van der Waals surface area (Å²) in [5.74, 6) is 0.414. The molecule has 0 spiro atoms. The maximum absolute atomic E-state index is 13.8. The van der Waals surface area contributed by atoms with Crippen LogP contribution in [0, 0.1) is 5.82 Å². The van der Waals surface area contributed by atoms with Crippen molar-refractivity contribution in [1.82, 2.24) is 14.9 Å². The molecular weight excluding hydrogens is 333 g/mol. The molecule has 1 fully saturated rings. The molecular formula is C20H20FN3O2. The van der Waals surface area contributed by atoms with Gasteiger partial charge in [-0.3, -0.25) is 14.9 Å². The highest BCUT2D eigenvalue weighted by Gasteiger charge is 2.30. The molecule has 1 saturated heterocycles. The maximum Gasteiger partial charge on any atom is 0.145 e. The Bertz CT molecular complexity index is 900. The molecule has 26 heavy (non-hydrogen) atoms. The van der Waals surface area contributed by atoms with E-state index in [4.69, 9.17) is 4.74 Å². The normalized spacial score (nSPS) is 21.0. The van der Waals surface area contributed by atoms with Gasteiger partial charge >= 0.3 is 0 Å². The van der Waals surface area contributed by atoms with Gasteiger partial charge in [-0.25, -0.2) is 4.39 Å². The Morgan fingerprint density at radius 1 is 1.19 bits per heavy atom. The predicted octanol–water partition coefficient (Wildman–Crippen LogP) is 2.78. The number of rotatable bonds is 4. The Morgan fingerprint density at radius 2 is 2.12 bits per heavy atom. The second kappa shape index (κ2) is 7.35. The van der Waals surface area contributed by atoms with E-state index < -0.39 is 6.10 Å². The average Bonchev–Trinajstić information content (AvgIpc) is 2.66. The van der Waals surface area contributed by atoms with Crippen molar-refractivity contribution in [2.75, 3.05) is 13.1 Å². The van der Waals surface area contributed by atoms with E-state index in [-0.39, 0.29) is 11.9 Å². The number of piperidine rings is 1. The second-order valence-electron chi connectivity index (χ2n) is 6.54. The van der Waals surface area contributed by atoms with E-state index in [0.29, 0.717) is 25.1 Å². The van der Waals surface area contributed by atoms with E-state index in [2.05, 4.69) is 9.97 Å². The molecule has 0 bridgehead atoms. The number of aromatic nitrogens is 2. The van der Waals surface area contributed by atoms with Crippen LogP contribution in [0.15, 0.2) is 55.0 Å². The Balaban J connectivity index is 1.43. The third-order valence-electron chi connectivity index (χ3n) is 4.74. The number of pyridine rings is 2. The van der Waals surface area contributed by atoms with Gasteiger partial charge in [-0.1, -0.05) is 6.07 Å². The van der Waals surface area contributed by atoms with Crippen LogP contribution in [0.2, 0.25) is 0 Å². The SMILES string of the molecule is O[C@@H]1CN(Cc2ccncc2F)CC[C@H]1Oc1cccc2ncccc12. The molecule has 2 aromatic heterocycles. The Morgan fingerprint density at radius 3 is 2.96 bits per heavy atom. The van der Waals surface area contributed by atoms with Crippen molar-refractivity contribution in [3.8, 4) is 5.75 Å². The summed E-state index contributed by atoms with van der Waals surface area (Å²) in [7, 11) is 0. The lowest BCUT2D eigenvalue weighted by Crippen LogP contribution is -2.48. The highest BCUT2D eigenvalue weighted by molar-refractivity contribution is 5.84. The fourth-order valence-corrected chi connectivity index (χ4v) is 3.37. The standard InChI is InChI=1S/C20H20FN3O2/c21-16-11-22-9-6-14(16)12-24-10-7-20(18(25)13-24)26-19-5-1-4-17-15(19)3-2-8-23-17/h1-6,8-9,11,18,20,25H,7,10,12-13H2/t18-,20-/m1/s1. The van der Waals surface area contributed by atoms with Crippen molar-refractivity contribution in [2.24, 2.45) is 0 Å². The summed E-state index contributed by atoms with van der Waals surface area (Å²) in [6, 6.07) is 11.2. The lowest BCUT2D eigenvalue weighted by atomic mass is 10.0. The molecule has 0 aliphatic carbocycles. The minimum absolute atomic E-state index is 0.292. The van der Waals surface area contributed by atoms with E-state index in [1.165, 1.54) is 6.20 Å². The van der Waals surface area contributed by atoms with E-state index >= 15 is 0 Å². The van der Waals surface area contributed by atoms with Crippen molar-refractivity contribution in [1.29, 1.82) is 0 Å². The predicted molar refractivity (Wildman–Crippen MR) is 96.3 cm³/mol. The molecule has 2 atom stereocenters. The summed E-state index contributed by atoms with van der Waals surface area (Å²) in [6.45, 7) is 1.62. The Kier molecular flexibility index (Phi) is 4.77. The molecule has 1 aliphatic heterocycles. The van der Waals surface area contributed by atoms with Gasteiger partial charge in [-0.15, -0.1) is 0 Å². The number of hydrogen-bond donors (Lipinski definition) is 1. The summed E-state index contributed by atoms with van der Waals surface area (Å²) in [6.07, 6.45) is 4.29. The first kappa shape index (κ1) is 16.9. The summed E-state index contributed by atoms with van der Waals surface area (Å²) >= 11 is 0. The molecule has 1 N–H and O–H groups in total. The lowest BCUT2D eigenvalue weighted by molar-refractivity contribution is -0.0271. The van der Waals surface area contributed by atoms with Crippen molar-refractivity contribution in [3.63, 3.8) is 0 Å². The fraction of sp³-hybridized carbons (Fsp3) is 0.300. The molecule has 0 radical (unpaired) electrons. The number of ether oxygens (including phenoxy) is 1. The van der Waals surface area contributed by atoms with Gasteiger partial charge in [-0.05, 0) is 36.8 Å². The summed E-state index contributed by atoms with van der Waals surface area (Å²) in [4.78, 5) is 10.1. The molecule has 3 aromatic rings. The summed E-state index contributed by atoms with van der Waals surface area (Å²) in [5.41, 5.74) is 1.46. The molecule has 0 amide bonds. The Hall–Kier alpha value is -2.57. The van der Waals surface area contributed by atoms with E-state index in [1.807, 2.05) is 35.2 Å². The van der Waals surface area contributed by atoms with Gasteiger partial charge < -0.3 is 9.84 Å². The largest absolute Gasteiger partial charge is 0.487 e. The number of halogens is 1. The minimum atomic E-state index is -0.638. The molecule has 1 aromatic carbocycles. The first-order chi connectivity index (χ1) is 12.7. The molecule has 134 valence electrons. The zero-order valence-electron chi connectivity index (χ0n) is 14.3. The van der Waals surface area contributed by atoms with Crippen LogP contribution in [-0.2, 0) is 6.54 Å². The zero-order valence-corrected chi connectivity index (χ0v) is 14.3. The smallest absolute Gasteiger partial charge is 0.145 e. The number of likely N-dealkylation sites (tertiary alicyclic amines) is 1. The zero-order chi connectivity index (χ0) is 17.9. The number of aliphatic hydroxyl groups excluding tert-OH is 1. The molecule has 1 aliphatic rings. The van der Waals surface area contributed by atoms with Crippen LogP contribution in [0.4, 0.5) is 4.39 Å². The molecule has 4 rings (SSSR count). The van der Waals surface area contributed by atoms with Crippen molar-refractivity contribution in [3.05, 3.63) is 66.4 Å². The van der Waals surface area contributed by atoms with Crippen LogP contribution in [0.5, 0.6) is 5.75 Å². The summed E-state index contributed by atoms with van der Waals surface area (Å²) < 4.78 is 19.9. The highest BCUT2D eigenvalue weighted by atomic mass is 19.1. The van der Waals surface area contributed by atoms with E-state index in [9.17, 15) is 9.50 Å². The first-order valence-corrected chi connectivity index (χ1v) is 8.70. The van der Waals surface area contributed by atoms with Gasteiger partial charge in [-0.2, -0.15) is 0 Å². The van der Waals surface area contributed by atoms with Crippen molar-refractivity contribution < 1.29 is 14.2 Å². The number of benzene rings is 1. The summed E-state index contributed by atoms with van der Waals surface area (Å²) in [5, 5.41) is 11.5. The van der Waals surface area contributed by atoms with Gasteiger partial charge in [0.05, 0.1) is 11.7 Å². The number of fused-ring (bicyclic) bond motifs is 1. The van der Waals surface area contributed by atoms with Crippen molar-refractivity contribution >= 4 is 10.9 Å². The van der Waals surface area contributed by atoms with Gasteiger partial charge in [0.2, 0.25) is 0 Å². The monoisotopic (exact) mass is 353 g/mol.